The topological polar surface area (TPSA) is 59.0 Å². The van der Waals surface area contributed by atoms with Crippen LogP contribution in [-0.4, -0.2) is 48.5 Å². The Hall–Kier alpha value is -2.29. The number of hydrogen-bond donors (Lipinski definition) is 1. The molecule has 1 aromatic rings. The number of unbranched alkanes of at least 4 members (excludes halogenated alkanes) is 1. The molecule has 0 spiro atoms. The van der Waals surface area contributed by atoms with E-state index in [1.54, 1.807) is 0 Å². The van der Waals surface area contributed by atoms with E-state index in [1.807, 2.05) is 42.3 Å². The van der Waals surface area contributed by atoms with Gasteiger partial charge in [0.05, 0.1) is 6.61 Å². The monoisotopic (exact) mass is 411 g/mol. The summed E-state index contributed by atoms with van der Waals surface area (Å²) in [5.74, 6) is 2.95. The van der Waals surface area contributed by atoms with E-state index in [4.69, 9.17) is 21.0 Å². The van der Waals surface area contributed by atoms with Crippen molar-refractivity contribution in [3.05, 3.63) is 47.2 Å². The Labute approximate surface area is 180 Å². The first-order valence-electron chi connectivity index (χ1n) is 11.1. The van der Waals surface area contributed by atoms with Crippen molar-refractivity contribution in [2.45, 2.75) is 69.6 Å². The third kappa shape index (κ3) is 5.87. The number of likely N-dealkylation sites (N-methyl/N-ethyl adjacent to an activating group) is 1. The summed E-state index contributed by atoms with van der Waals surface area (Å²) in [6, 6.07) is 8.14. The van der Waals surface area contributed by atoms with Crippen LogP contribution in [-0.2, 0) is 14.3 Å². The fourth-order valence-electron chi connectivity index (χ4n) is 4.21. The molecule has 30 heavy (non-hydrogen) atoms. The van der Waals surface area contributed by atoms with Gasteiger partial charge in [0.2, 0.25) is 6.29 Å². The van der Waals surface area contributed by atoms with Crippen molar-refractivity contribution in [3.63, 3.8) is 0 Å². The van der Waals surface area contributed by atoms with Gasteiger partial charge in [-0.05, 0) is 49.5 Å². The van der Waals surface area contributed by atoms with Gasteiger partial charge in [-0.3, -0.25) is 4.79 Å². The second-order valence-electron chi connectivity index (χ2n) is 8.20. The molecule has 2 aliphatic rings. The number of benzene rings is 1. The number of nitrogens with zero attached hydrogens (tertiary/aromatic N) is 1. The number of carbonyl (C=O) groups excluding carboxylic acids is 1. The van der Waals surface area contributed by atoms with Crippen LogP contribution >= 0.6 is 0 Å². The van der Waals surface area contributed by atoms with Crippen LogP contribution in [0.5, 0.6) is 0 Å². The summed E-state index contributed by atoms with van der Waals surface area (Å²) in [7, 11) is 1.88. The zero-order valence-electron chi connectivity index (χ0n) is 17.9. The van der Waals surface area contributed by atoms with E-state index in [-0.39, 0.29) is 24.5 Å². The van der Waals surface area contributed by atoms with Crippen LogP contribution in [0.4, 0.5) is 0 Å². The number of amides is 1. The molecule has 1 aromatic carbocycles. The quantitative estimate of drug-likeness (QED) is 0.520. The molecule has 5 heteroatoms. The lowest BCUT2D eigenvalue weighted by Gasteiger charge is -2.34. The number of terminal acetylenes is 1. The van der Waals surface area contributed by atoms with Crippen LogP contribution < -0.4 is 0 Å². The molecule has 162 valence electrons. The molecule has 0 radical (unpaired) electrons. The third-order valence-corrected chi connectivity index (χ3v) is 6.07. The van der Waals surface area contributed by atoms with Crippen LogP contribution in [0.15, 0.2) is 36.1 Å². The van der Waals surface area contributed by atoms with Crippen LogP contribution in [0.1, 0.15) is 68.4 Å². The van der Waals surface area contributed by atoms with E-state index in [9.17, 15) is 4.79 Å². The highest BCUT2D eigenvalue weighted by atomic mass is 16.7. The minimum atomic E-state index is -0.482. The standard InChI is InChI=1S/C25H33NO4/c1-3-19-11-13-20(14-12-19)21-17-23(30-24(18-21)29-16-8-7-15-27)25(28)26(2)22-9-5-4-6-10-22/h1,11-14,17,21-22,24,27H,4-10,15-16,18H2,2H3/t21-,24+/m1/s1. The van der Waals surface area contributed by atoms with E-state index in [0.29, 0.717) is 25.2 Å². The first-order chi connectivity index (χ1) is 14.6. The normalized spacial score (nSPS) is 22.0. The fraction of sp³-hybridized carbons (Fsp3) is 0.560. The Morgan fingerprint density at radius 2 is 1.97 bits per heavy atom. The van der Waals surface area contributed by atoms with Crippen molar-refractivity contribution < 1.29 is 19.4 Å². The van der Waals surface area contributed by atoms with Crippen LogP contribution in [0.2, 0.25) is 0 Å². The Bertz CT molecular complexity index is 758. The van der Waals surface area contributed by atoms with Crippen molar-refractivity contribution in [2.24, 2.45) is 0 Å². The van der Waals surface area contributed by atoms with E-state index < -0.39 is 6.29 Å². The van der Waals surface area contributed by atoms with Gasteiger partial charge in [0.25, 0.3) is 5.91 Å². The maximum absolute atomic E-state index is 13.2. The van der Waals surface area contributed by atoms with Gasteiger partial charge in [0.1, 0.15) is 0 Å². The summed E-state index contributed by atoms with van der Waals surface area (Å²) in [5, 5.41) is 8.98. The number of carbonyl (C=O) groups is 1. The van der Waals surface area contributed by atoms with Gasteiger partial charge in [-0.25, -0.2) is 0 Å². The number of allylic oxidation sites excluding steroid dienone is 1. The zero-order valence-corrected chi connectivity index (χ0v) is 17.9. The molecule has 5 nitrogen and oxygen atoms in total. The molecule has 0 bridgehead atoms. The molecule has 1 fully saturated rings. The molecule has 1 heterocycles. The average Bonchev–Trinajstić information content (AvgIpc) is 2.81. The smallest absolute Gasteiger partial charge is 0.288 e. The molecule has 1 amide bonds. The predicted molar refractivity (Wildman–Crippen MR) is 117 cm³/mol. The van der Waals surface area contributed by atoms with Crippen molar-refractivity contribution in [3.8, 4) is 12.3 Å². The molecular weight excluding hydrogens is 378 g/mol. The van der Waals surface area contributed by atoms with E-state index >= 15 is 0 Å². The Morgan fingerprint density at radius 1 is 1.23 bits per heavy atom. The highest BCUT2D eigenvalue weighted by Gasteiger charge is 2.32. The highest BCUT2D eigenvalue weighted by molar-refractivity contribution is 5.91. The van der Waals surface area contributed by atoms with Crippen molar-refractivity contribution in [1.29, 1.82) is 0 Å². The lowest BCUT2D eigenvalue weighted by atomic mass is 9.91. The van der Waals surface area contributed by atoms with Gasteiger partial charge in [0, 0.05) is 37.6 Å². The molecule has 3 rings (SSSR count). The molecule has 0 unspecified atom stereocenters. The summed E-state index contributed by atoms with van der Waals surface area (Å²) in [5.41, 5.74) is 1.92. The fourth-order valence-corrected chi connectivity index (χ4v) is 4.21. The Morgan fingerprint density at radius 3 is 2.63 bits per heavy atom. The van der Waals surface area contributed by atoms with Gasteiger partial charge in [-0.1, -0.05) is 37.3 Å². The highest BCUT2D eigenvalue weighted by Crippen LogP contribution is 2.33. The van der Waals surface area contributed by atoms with Crippen molar-refractivity contribution in [1.82, 2.24) is 4.90 Å². The van der Waals surface area contributed by atoms with Crippen LogP contribution in [0.3, 0.4) is 0 Å². The zero-order chi connectivity index (χ0) is 21.3. The Kier molecular flexibility index (Phi) is 8.36. The third-order valence-electron chi connectivity index (χ3n) is 6.07. The van der Waals surface area contributed by atoms with Crippen molar-refractivity contribution >= 4 is 5.91 Å². The molecule has 2 atom stereocenters. The van der Waals surface area contributed by atoms with E-state index in [2.05, 4.69) is 5.92 Å². The maximum Gasteiger partial charge on any atom is 0.288 e. The number of aliphatic hydroxyl groups excluding tert-OH is 1. The van der Waals surface area contributed by atoms with Gasteiger partial charge in [0.15, 0.2) is 5.76 Å². The molecule has 1 aliphatic heterocycles. The molecule has 1 N–H and O–H groups in total. The van der Waals surface area contributed by atoms with Crippen LogP contribution in [0.25, 0.3) is 0 Å². The largest absolute Gasteiger partial charge is 0.459 e. The lowest BCUT2D eigenvalue weighted by Crippen LogP contribution is -2.41. The Balaban J connectivity index is 1.75. The van der Waals surface area contributed by atoms with Gasteiger partial charge >= 0.3 is 0 Å². The number of ether oxygens (including phenoxy) is 2. The summed E-state index contributed by atoms with van der Waals surface area (Å²) in [6.07, 6.45) is 14.7. The van der Waals surface area contributed by atoms with Crippen molar-refractivity contribution in [2.75, 3.05) is 20.3 Å². The van der Waals surface area contributed by atoms with E-state index in [1.165, 1.54) is 19.3 Å². The van der Waals surface area contributed by atoms with E-state index in [0.717, 1.165) is 30.4 Å². The summed E-state index contributed by atoms with van der Waals surface area (Å²) in [4.78, 5) is 15.1. The molecule has 0 aromatic heterocycles. The summed E-state index contributed by atoms with van der Waals surface area (Å²) >= 11 is 0. The predicted octanol–water partition coefficient (Wildman–Crippen LogP) is 3.96. The minimum absolute atomic E-state index is 0.0205. The second kappa shape index (κ2) is 11.2. The first-order valence-corrected chi connectivity index (χ1v) is 11.1. The lowest BCUT2D eigenvalue weighted by molar-refractivity contribution is -0.153. The average molecular weight is 412 g/mol. The van der Waals surface area contributed by atoms with Gasteiger partial charge in [-0.2, -0.15) is 0 Å². The molecular formula is C25H33NO4. The molecule has 1 saturated carbocycles. The summed E-state index contributed by atoms with van der Waals surface area (Å²) in [6.45, 7) is 0.642. The summed E-state index contributed by atoms with van der Waals surface area (Å²) < 4.78 is 11.9. The van der Waals surface area contributed by atoms with Gasteiger partial charge < -0.3 is 19.5 Å². The molecule has 1 aliphatic carbocycles. The van der Waals surface area contributed by atoms with Gasteiger partial charge in [-0.15, -0.1) is 6.42 Å². The minimum Gasteiger partial charge on any atom is -0.459 e. The number of hydrogen-bond acceptors (Lipinski definition) is 4. The SMILES string of the molecule is C#Cc1ccc([C@@H]2C=C(C(=O)N(C)C3CCCCC3)O[C@H](OCCCCO)C2)cc1. The number of rotatable bonds is 8. The first kappa shape index (κ1) is 22.4. The van der Waals surface area contributed by atoms with Crippen LogP contribution in [0, 0.1) is 12.3 Å². The number of aliphatic hydroxyl groups is 1. The molecule has 0 saturated heterocycles. The second-order valence-corrected chi connectivity index (χ2v) is 8.20. The maximum atomic E-state index is 13.2.